The van der Waals surface area contributed by atoms with Crippen molar-refractivity contribution < 1.29 is 0 Å². The Morgan fingerprint density at radius 3 is 0.792 bits per heavy atom. The van der Waals surface area contributed by atoms with E-state index in [4.69, 9.17) is 29.9 Å². The number of rotatable bonds is 16. The highest BCUT2D eigenvalue weighted by Crippen LogP contribution is 2.47. The molecule has 10 nitrogen and oxygen atoms in total. The zero-order chi connectivity index (χ0) is 85.7. The van der Waals surface area contributed by atoms with E-state index in [1.54, 1.807) is 0 Å². The van der Waals surface area contributed by atoms with Crippen LogP contribution in [0, 0.1) is 0 Å². The molecule has 606 valence electrons. The molecule has 0 spiro atoms. The summed E-state index contributed by atoms with van der Waals surface area (Å²) in [5.74, 6) is 3.40. The first-order chi connectivity index (χ1) is 64.5. The lowest BCUT2D eigenvalue weighted by atomic mass is 9.94. The normalized spacial score (nSPS) is 11.7. The predicted molar refractivity (Wildman–Crippen MR) is 536 cm³/mol. The van der Waals surface area contributed by atoms with Crippen molar-refractivity contribution in [2.45, 2.75) is 0 Å². The first kappa shape index (κ1) is 75.0. The average Bonchev–Trinajstić information content (AvgIpc) is 1.56. The van der Waals surface area contributed by atoms with Crippen LogP contribution in [0.25, 0.3) is 245 Å². The van der Waals surface area contributed by atoms with Gasteiger partial charge < -0.3 is 18.3 Å². The molecule has 10 heteroatoms. The van der Waals surface area contributed by atoms with Crippen LogP contribution < -0.4 is 0 Å². The molecule has 0 fully saturated rings. The highest BCUT2D eigenvalue weighted by atomic mass is 15.1. The minimum atomic E-state index is 0.557. The van der Waals surface area contributed by atoms with Crippen LogP contribution in [-0.2, 0) is 0 Å². The van der Waals surface area contributed by atoms with E-state index >= 15 is 0 Å². The van der Waals surface area contributed by atoms with Gasteiger partial charge in [0, 0.05) is 87.6 Å². The number of fused-ring (bicyclic) bond motifs is 12. The molecule has 0 aliphatic rings. The third kappa shape index (κ3) is 12.9. The van der Waals surface area contributed by atoms with Gasteiger partial charge in [-0.1, -0.05) is 352 Å². The molecule has 0 saturated heterocycles. The Labute approximate surface area is 749 Å². The lowest BCUT2D eigenvalue weighted by molar-refractivity contribution is 1.06. The largest absolute Gasteiger partial charge is 0.309 e. The zero-order valence-electron chi connectivity index (χ0n) is 70.4. The highest BCUT2D eigenvalue weighted by Gasteiger charge is 2.27. The Balaban J connectivity index is 0.597. The van der Waals surface area contributed by atoms with Gasteiger partial charge in [0.1, 0.15) is 0 Å². The molecule has 0 amide bonds. The number of hydrogen-bond donors (Lipinski definition) is 0. The van der Waals surface area contributed by atoms with E-state index in [-0.39, 0.29) is 0 Å². The Hall–Kier alpha value is -17.6. The lowest BCUT2D eigenvalue weighted by Crippen LogP contribution is -2.04. The average molecular weight is 1660 g/mol. The fourth-order valence-corrected chi connectivity index (χ4v) is 19.7. The second-order valence-electron chi connectivity index (χ2n) is 33.2. The van der Waals surface area contributed by atoms with E-state index in [2.05, 4.69) is 443 Å². The van der Waals surface area contributed by atoms with Crippen LogP contribution in [0.1, 0.15) is 0 Å². The van der Waals surface area contributed by atoms with Crippen LogP contribution >= 0.6 is 0 Å². The second kappa shape index (κ2) is 31.3. The minimum absolute atomic E-state index is 0.557. The summed E-state index contributed by atoms with van der Waals surface area (Å²) < 4.78 is 9.62. The smallest absolute Gasteiger partial charge is 0.166 e. The van der Waals surface area contributed by atoms with Crippen molar-refractivity contribution in [3.05, 3.63) is 461 Å². The first-order valence-electron chi connectivity index (χ1n) is 44.0. The topological polar surface area (TPSA) is 97.1 Å². The van der Waals surface area contributed by atoms with E-state index in [1.807, 2.05) is 36.4 Å². The third-order valence-corrected chi connectivity index (χ3v) is 25.7. The van der Waals surface area contributed by atoms with Gasteiger partial charge >= 0.3 is 0 Å². The minimum Gasteiger partial charge on any atom is -0.309 e. The van der Waals surface area contributed by atoms with Crippen molar-refractivity contribution in [3.8, 4) is 158 Å². The van der Waals surface area contributed by atoms with Crippen LogP contribution in [0.3, 0.4) is 0 Å². The Morgan fingerprint density at radius 1 is 0.115 bits per heavy atom. The molecule has 19 aromatic carbocycles. The number of para-hydroxylation sites is 8. The maximum Gasteiger partial charge on any atom is 0.166 e. The van der Waals surface area contributed by atoms with Crippen molar-refractivity contribution in [3.63, 3.8) is 0 Å². The molecule has 0 saturated carbocycles. The molecule has 25 aromatic rings. The number of nitrogens with zero attached hydrogens (tertiary/aromatic N) is 10. The second-order valence-corrected chi connectivity index (χ2v) is 33.2. The Morgan fingerprint density at radius 2 is 0.369 bits per heavy atom. The van der Waals surface area contributed by atoms with Crippen molar-refractivity contribution in [2.24, 2.45) is 0 Å². The van der Waals surface area contributed by atoms with Gasteiger partial charge in [-0.3, -0.25) is 0 Å². The molecule has 0 aliphatic heterocycles. The summed E-state index contributed by atoms with van der Waals surface area (Å²) in [4.78, 5) is 32.8. The fraction of sp³-hybridized carbons (Fsp3) is 0. The molecular weight excluding hydrogens is 1580 g/mol. The standard InChI is InChI=1S/C120H76N10/c1-5-32-77(33-6-1)83-64-69-112(127-103-54-21-13-46-93(103)94-47-14-22-55-104(94)127)102(74-83)120-124-116(80-38-11-4-12-39-80)122-118(126-120)90-45-31-43-88(72-90)92-67-63-86(76-114(92)130-107-58-25-17-50-97(107)98-51-18-26-59-108(98)130)82-41-29-40-81(70-82)84-65-68-111-101(73-84)99-52-19-27-60-109(99)128(111)110-61-28-20-53-100(110)119-123-115(79-36-9-3-10-37-79)121-117(125-119)89-44-30-42-87(71-89)91-66-62-85(78-34-7-2-8-35-78)75-113(91)129-105-56-23-15-48-95(105)96-49-16-24-57-106(96)129/h1-76H. The summed E-state index contributed by atoms with van der Waals surface area (Å²) in [6.07, 6.45) is 0. The summed E-state index contributed by atoms with van der Waals surface area (Å²) in [6, 6.07) is 165. The molecule has 0 N–H and O–H groups in total. The molecule has 6 aromatic heterocycles. The molecule has 6 heterocycles. The molecule has 0 bridgehead atoms. The van der Waals surface area contributed by atoms with E-state index in [0.29, 0.717) is 34.9 Å². The van der Waals surface area contributed by atoms with Gasteiger partial charge in [-0.2, -0.15) is 0 Å². The number of hydrogen-bond acceptors (Lipinski definition) is 6. The summed E-state index contributed by atoms with van der Waals surface area (Å²) in [5, 5.41) is 9.35. The van der Waals surface area contributed by atoms with Crippen molar-refractivity contribution in [1.82, 2.24) is 48.2 Å². The summed E-state index contributed by atoms with van der Waals surface area (Å²) >= 11 is 0. The van der Waals surface area contributed by atoms with Crippen LogP contribution in [0.5, 0.6) is 0 Å². The summed E-state index contributed by atoms with van der Waals surface area (Å²) in [5.41, 5.74) is 31.0. The van der Waals surface area contributed by atoms with Gasteiger partial charge in [-0.25, -0.2) is 29.9 Å². The van der Waals surface area contributed by atoms with E-state index in [1.165, 1.54) is 32.3 Å². The fourth-order valence-electron chi connectivity index (χ4n) is 19.7. The monoisotopic (exact) mass is 1660 g/mol. The predicted octanol–water partition coefficient (Wildman–Crippen LogP) is 30.4. The molecule has 0 unspecified atom stereocenters. The zero-order valence-corrected chi connectivity index (χ0v) is 70.4. The van der Waals surface area contributed by atoms with Crippen LogP contribution in [0.4, 0.5) is 0 Å². The van der Waals surface area contributed by atoms with E-state index in [9.17, 15) is 0 Å². The maximum absolute atomic E-state index is 5.61. The van der Waals surface area contributed by atoms with Crippen LogP contribution in [-0.4, -0.2) is 48.2 Å². The van der Waals surface area contributed by atoms with Crippen LogP contribution in [0.2, 0.25) is 0 Å². The third-order valence-electron chi connectivity index (χ3n) is 25.7. The first-order valence-corrected chi connectivity index (χ1v) is 44.0. The SMILES string of the molecule is c1ccc(-c2ccc(-n3c4ccccc4c4ccccc43)c(-c3nc(-c4ccccc4)nc(-c4cccc(-c5ccc(-c6cccc(-c7ccc8c(c7)c7ccccc7n8-c7ccccc7-c7nc(-c8ccccc8)nc(-c8cccc(-c9ccc(-c%10ccccc%10)cc9-n9c%10ccccc%10c%10ccccc%109)c8)n7)c6)cc5-n5c6ccccc6c6ccccc65)c4)n3)c2)cc1. The van der Waals surface area contributed by atoms with Crippen LogP contribution in [0.15, 0.2) is 461 Å². The number of benzene rings is 19. The van der Waals surface area contributed by atoms with Crippen molar-refractivity contribution in [1.29, 1.82) is 0 Å². The molecule has 0 atom stereocenters. The van der Waals surface area contributed by atoms with Gasteiger partial charge in [0.25, 0.3) is 0 Å². The molecule has 130 heavy (non-hydrogen) atoms. The van der Waals surface area contributed by atoms with Gasteiger partial charge in [0.05, 0.1) is 66.9 Å². The van der Waals surface area contributed by atoms with Gasteiger partial charge in [-0.05, 0) is 165 Å². The van der Waals surface area contributed by atoms with E-state index < -0.39 is 0 Å². The van der Waals surface area contributed by atoms with Gasteiger partial charge in [0.2, 0.25) is 0 Å². The molecule has 25 rings (SSSR count). The molecular formula is C120H76N10. The molecule has 0 aliphatic carbocycles. The highest BCUT2D eigenvalue weighted by molar-refractivity contribution is 6.14. The van der Waals surface area contributed by atoms with E-state index in [0.717, 1.165) is 178 Å². The van der Waals surface area contributed by atoms with Gasteiger partial charge in [0.15, 0.2) is 34.9 Å². The maximum atomic E-state index is 5.61. The van der Waals surface area contributed by atoms with Gasteiger partial charge in [-0.15, -0.1) is 0 Å². The summed E-state index contributed by atoms with van der Waals surface area (Å²) in [6.45, 7) is 0. The summed E-state index contributed by atoms with van der Waals surface area (Å²) in [7, 11) is 0. The lowest BCUT2D eigenvalue weighted by Gasteiger charge is -2.18. The van der Waals surface area contributed by atoms with Crippen molar-refractivity contribution in [2.75, 3.05) is 0 Å². The Bertz CT molecular complexity index is 8650. The molecule has 0 radical (unpaired) electrons. The quantitative estimate of drug-likeness (QED) is 0.0956. The van der Waals surface area contributed by atoms with Crippen molar-refractivity contribution >= 4 is 87.2 Å². The Kier molecular flexibility index (Phi) is 18.0. The number of aromatic nitrogens is 10.